The third kappa shape index (κ3) is 6.57. The Labute approximate surface area is 66.2 Å². The van der Waals surface area contributed by atoms with E-state index in [-0.39, 0.29) is 5.78 Å². The van der Waals surface area contributed by atoms with Crippen molar-refractivity contribution < 1.29 is 4.79 Å². The second-order valence-corrected chi connectivity index (χ2v) is 2.30. The molecule has 0 saturated heterocycles. The van der Waals surface area contributed by atoms with Crippen molar-refractivity contribution in [3.63, 3.8) is 0 Å². The van der Waals surface area contributed by atoms with Gasteiger partial charge in [-0.15, -0.1) is 0 Å². The topological polar surface area (TPSA) is 67.5 Å². The first-order valence-electron chi connectivity index (χ1n) is 3.27. The Morgan fingerprint density at radius 3 is 2.36 bits per heavy atom. The van der Waals surface area contributed by atoms with Crippen LogP contribution in [0.2, 0.25) is 0 Å². The van der Waals surface area contributed by atoms with E-state index in [4.69, 9.17) is 5.73 Å². The van der Waals surface area contributed by atoms with E-state index in [1.807, 2.05) is 0 Å². The van der Waals surface area contributed by atoms with Gasteiger partial charge in [0.15, 0.2) is 5.78 Å². The average molecular weight is 155 g/mol. The number of hydrogen-bond donors (Lipinski definition) is 2. The van der Waals surface area contributed by atoms with Crippen LogP contribution in [0.5, 0.6) is 0 Å². The Balaban J connectivity index is 3.97. The minimum absolute atomic E-state index is 0.0140. The van der Waals surface area contributed by atoms with Crippen LogP contribution in [0.1, 0.15) is 20.8 Å². The molecule has 0 aliphatic rings. The molecule has 0 rings (SSSR count). The molecule has 0 unspecified atom stereocenters. The van der Waals surface area contributed by atoms with E-state index in [1.54, 1.807) is 13.8 Å². The van der Waals surface area contributed by atoms with Crippen molar-refractivity contribution in [2.75, 3.05) is 0 Å². The van der Waals surface area contributed by atoms with Crippen LogP contribution in [0.25, 0.3) is 0 Å². The zero-order valence-electron chi connectivity index (χ0n) is 7.01. The summed E-state index contributed by atoms with van der Waals surface area (Å²) in [5, 5.41) is 3.70. The number of carbonyl (C=O) groups is 1. The number of nitrogens with two attached hydrogens (primary N) is 1. The maximum atomic E-state index is 10.5. The number of nitrogens with one attached hydrogen (secondary N) is 1. The number of hydrazone groups is 1. The zero-order valence-corrected chi connectivity index (χ0v) is 7.01. The SMILES string of the molecule is CC(=O)/C=C(\C)N/N=C(/C)N. The van der Waals surface area contributed by atoms with Crippen molar-refractivity contribution >= 4 is 11.6 Å². The molecule has 0 fully saturated rings. The molecule has 0 aliphatic heterocycles. The fourth-order valence-electron chi connectivity index (χ4n) is 0.514. The lowest BCUT2D eigenvalue weighted by Crippen LogP contribution is -2.13. The summed E-state index contributed by atoms with van der Waals surface area (Å²) in [5.74, 6) is 0.418. The molecule has 0 aliphatic carbocycles. The van der Waals surface area contributed by atoms with E-state index in [1.165, 1.54) is 13.0 Å². The van der Waals surface area contributed by atoms with Gasteiger partial charge in [0, 0.05) is 11.8 Å². The van der Waals surface area contributed by atoms with Crippen LogP contribution >= 0.6 is 0 Å². The highest BCUT2D eigenvalue weighted by Gasteiger charge is 1.88. The van der Waals surface area contributed by atoms with E-state index >= 15 is 0 Å². The molecule has 0 aromatic carbocycles. The van der Waals surface area contributed by atoms with E-state index in [9.17, 15) is 4.79 Å². The summed E-state index contributed by atoms with van der Waals surface area (Å²) < 4.78 is 0. The van der Waals surface area contributed by atoms with Crippen molar-refractivity contribution in [2.45, 2.75) is 20.8 Å². The summed E-state index contributed by atoms with van der Waals surface area (Å²) in [6.45, 7) is 4.88. The Kier molecular flexibility index (Phi) is 3.95. The highest BCUT2D eigenvalue weighted by atomic mass is 16.1. The Morgan fingerprint density at radius 1 is 1.45 bits per heavy atom. The molecule has 0 saturated carbocycles. The molecule has 0 spiro atoms. The van der Waals surface area contributed by atoms with Crippen molar-refractivity contribution in [3.05, 3.63) is 11.8 Å². The van der Waals surface area contributed by atoms with Gasteiger partial charge < -0.3 is 5.73 Å². The first-order valence-corrected chi connectivity index (χ1v) is 3.27. The molecule has 4 nitrogen and oxygen atoms in total. The highest BCUT2D eigenvalue weighted by Crippen LogP contribution is 1.86. The van der Waals surface area contributed by atoms with Crippen LogP contribution in [-0.2, 0) is 4.79 Å². The predicted molar refractivity (Wildman–Crippen MR) is 44.9 cm³/mol. The van der Waals surface area contributed by atoms with Gasteiger partial charge in [0.2, 0.25) is 0 Å². The molecule has 0 heterocycles. The molecular formula is C7H13N3O. The summed E-state index contributed by atoms with van der Waals surface area (Å²) in [6, 6.07) is 0. The number of nitrogens with zero attached hydrogens (tertiary/aromatic N) is 1. The highest BCUT2D eigenvalue weighted by molar-refractivity contribution is 5.87. The number of carbonyl (C=O) groups excluding carboxylic acids is 1. The van der Waals surface area contributed by atoms with Gasteiger partial charge in [-0.2, -0.15) is 5.10 Å². The van der Waals surface area contributed by atoms with Gasteiger partial charge in [0.25, 0.3) is 0 Å². The number of amidine groups is 1. The van der Waals surface area contributed by atoms with Crippen molar-refractivity contribution in [3.8, 4) is 0 Å². The number of rotatable bonds is 3. The van der Waals surface area contributed by atoms with Crippen molar-refractivity contribution in [1.82, 2.24) is 5.43 Å². The predicted octanol–water partition coefficient (Wildman–Crippen LogP) is 0.361. The number of allylic oxidation sites excluding steroid dienone is 2. The van der Waals surface area contributed by atoms with Crippen molar-refractivity contribution in [2.24, 2.45) is 10.8 Å². The Morgan fingerprint density at radius 2 is 2.00 bits per heavy atom. The Hall–Kier alpha value is -1.32. The summed E-state index contributed by atoms with van der Waals surface area (Å²) >= 11 is 0. The lowest BCUT2D eigenvalue weighted by atomic mass is 10.3. The summed E-state index contributed by atoms with van der Waals surface area (Å²) in [5.41, 5.74) is 8.55. The third-order valence-corrected chi connectivity index (χ3v) is 0.828. The van der Waals surface area contributed by atoms with Gasteiger partial charge in [-0.3, -0.25) is 10.2 Å². The normalized spacial score (nSPS) is 13.0. The zero-order chi connectivity index (χ0) is 8.85. The number of ketones is 1. The van der Waals surface area contributed by atoms with Gasteiger partial charge in [-0.25, -0.2) is 0 Å². The molecule has 62 valence electrons. The maximum Gasteiger partial charge on any atom is 0.154 e. The quantitative estimate of drug-likeness (QED) is 0.267. The minimum atomic E-state index is -0.0140. The van der Waals surface area contributed by atoms with E-state index in [0.29, 0.717) is 11.5 Å². The molecule has 11 heavy (non-hydrogen) atoms. The fraction of sp³-hybridized carbons (Fsp3) is 0.429. The van der Waals surface area contributed by atoms with Crippen LogP contribution < -0.4 is 11.2 Å². The largest absolute Gasteiger partial charge is 0.386 e. The fourth-order valence-corrected chi connectivity index (χ4v) is 0.514. The van der Waals surface area contributed by atoms with E-state index < -0.39 is 0 Å². The van der Waals surface area contributed by atoms with E-state index in [0.717, 1.165) is 0 Å². The second-order valence-electron chi connectivity index (χ2n) is 2.30. The smallest absolute Gasteiger partial charge is 0.154 e. The monoisotopic (exact) mass is 155 g/mol. The van der Waals surface area contributed by atoms with Gasteiger partial charge in [0.05, 0.1) is 0 Å². The van der Waals surface area contributed by atoms with Crippen LogP contribution in [0.15, 0.2) is 16.9 Å². The molecule has 0 atom stereocenters. The average Bonchev–Trinajstić information content (AvgIpc) is 1.82. The first-order chi connectivity index (χ1) is 5.02. The van der Waals surface area contributed by atoms with Gasteiger partial charge >= 0.3 is 0 Å². The van der Waals surface area contributed by atoms with Gasteiger partial charge in [0.1, 0.15) is 5.84 Å². The molecule has 0 amide bonds. The lowest BCUT2D eigenvalue weighted by molar-refractivity contribution is -0.112. The van der Waals surface area contributed by atoms with Crippen LogP contribution in [-0.4, -0.2) is 11.6 Å². The van der Waals surface area contributed by atoms with E-state index in [2.05, 4.69) is 10.5 Å². The maximum absolute atomic E-state index is 10.5. The molecular weight excluding hydrogens is 142 g/mol. The van der Waals surface area contributed by atoms with Gasteiger partial charge in [-0.05, 0) is 20.8 Å². The van der Waals surface area contributed by atoms with Crippen molar-refractivity contribution in [1.29, 1.82) is 0 Å². The number of hydrogen-bond acceptors (Lipinski definition) is 3. The molecule has 4 heteroatoms. The van der Waals surface area contributed by atoms with Crippen LogP contribution in [0.4, 0.5) is 0 Å². The second kappa shape index (κ2) is 4.49. The summed E-state index contributed by atoms with van der Waals surface area (Å²) in [7, 11) is 0. The summed E-state index contributed by atoms with van der Waals surface area (Å²) in [4.78, 5) is 10.5. The van der Waals surface area contributed by atoms with Gasteiger partial charge in [-0.1, -0.05) is 0 Å². The summed E-state index contributed by atoms with van der Waals surface area (Å²) in [6.07, 6.45) is 1.45. The third-order valence-electron chi connectivity index (χ3n) is 0.828. The lowest BCUT2D eigenvalue weighted by Gasteiger charge is -1.97. The van der Waals surface area contributed by atoms with Crippen LogP contribution in [0, 0.1) is 0 Å². The Bertz CT molecular complexity index is 202. The molecule has 0 bridgehead atoms. The molecule has 0 radical (unpaired) electrons. The molecule has 3 N–H and O–H groups in total. The first kappa shape index (κ1) is 9.68. The molecule has 0 aromatic rings. The standard InChI is InChI=1S/C7H13N3O/c1-5(4-6(2)11)9-10-7(3)8/h4,9H,1-3H3,(H2,8,10)/b5-4+. The minimum Gasteiger partial charge on any atom is -0.386 e. The van der Waals surface area contributed by atoms with Crippen LogP contribution in [0.3, 0.4) is 0 Å². The molecule has 0 aromatic heterocycles.